The number of nitrogens with zero attached hydrogens (tertiary/aromatic N) is 4. The summed E-state index contributed by atoms with van der Waals surface area (Å²) in [4.78, 5) is 29.9. The van der Waals surface area contributed by atoms with Crippen LogP contribution in [0.1, 0.15) is 35.3 Å². The maximum atomic E-state index is 13.9. The van der Waals surface area contributed by atoms with Gasteiger partial charge in [0.1, 0.15) is 11.6 Å². The van der Waals surface area contributed by atoms with Crippen molar-refractivity contribution in [3.63, 3.8) is 0 Å². The summed E-state index contributed by atoms with van der Waals surface area (Å²) in [6.07, 6.45) is 9.26. The first-order chi connectivity index (χ1) is 14.1. The average molecular weight is 392 g/mol. The minimum atomic E-state index is -0.481. The third-order valence-electron chi connectivity index (χ3n) is 4.98. The van der Waals surface area contributed by atoms with Gasteiger partial charge in [-0.05, 0) is 50.5 Å². The van der Waals surface area contributed by atoms with Crippen molar-refractivity contribution in [3.05, 3.63) is 66.1 Å². The molecular formula is C21H21FN6O. The second kappa shape index (κ2) is 8.30. The lowest BCUT2D eigenvalue weighted by Crippen LogP contribution is -2.43. The fraction of sp³-hybridized carbons (Fsp3) is 0.286. The highest BCUT2D eigenvalue weighted by molar-refractivity contribution is 6.00. The second-order valence-electron chi connectivity index (χ2n) is 7.07. The number of benzene rings is 1. The largest absolute Gasteiger partial charge is 0.364 e. The molecule has 2 aromatic heterocycles. The Morgan fingerprint density at radius 1 is 1.07 bits per heavy atom. The molecule has 0 radical (unpaired) electrons. The second-order valence-corrected chi connectivity index (χ2v) is 7.07. The Balaban J connectivity index is 1.53. The minimum absolute atomic E-state index is 0.0286. The van der Waals surface area contributed by atoms with E-state index in [0.717, 1.165) is 25.0 Å². The van der Waals surface area contributed by atoms with Crippen molar-refractivity contribution < 1.29 is 9.18 Å². The highest BCUT2D eigenvalue weighted by Gasteiger charge is 2.30. The van der Waals surface area contributed by atoms with Crippen LogP contribution in [0.3, 0.4) is 0 Å². The Labute approximate surface area is 167 Å². The molecule has 2 atom stereocenters. The number of hydrogen-bond acceptors (Lipinski definition) is 6. The lowest BCUT2D eigenvalue weighted by Gasteiger charge is -2.23. The maximum Gasteiger partial charge on any atom is 0.252 e. The van der Waals surface area contributed by atoms with E-state index < -0.39 is 5.82 Å². The molecule has 2 N–H and O–H groups in total. The molecule has 0 spiro atoms. The molecule has 1 aliphatic carbocycles. The summed E-state index contributed by atoms with van der Waals surface area (Å²) in [7, 11) is 0. The van der Waals surface area contributed by atoms with Gasteiger partial charge in [0.2, 0.25) is 0 Å². The van der Waals surface area contributed by atoms with Gasteiger partial charge >= 0.3 is 0 Å². The molecule has 0 unspecified atom stereocenters. The summed E-state index contributed by atoms with van der Waals surface area (Å²) < 4.78 is 13.9. The van der Waals surface area contributed by atoms with Crippen LogP contribution in [0.4, 0.5) is 10.2 Å². The molecule has 1 fully saturated rings. The van der Waals surface area contributed by atoms with Crippen LogP contribution in [0, 0.1) is 12.7 Å². The van der Waals surface area contributed by atoms with Gasteiger partial charge in [0.15, 0.2) is 5.82 Å². The zero-order chi connectivity index (χ0) is 20.2. The number of anilines is 1. The smallest absolute Gasteiger partial charge is 0.252 e. The van der Waals surface area contributed by atoms with Crippen molar-refractivity contribution in [2.45, 2.75) is 38.3 Å². The Kier molecular flexibility index (Phi) is 5.41. The van der Waals surface area contributed by atoms with E-state index in [0.29, 0.717) is 17.2 Å². The predicted molar refractivity (Wildman–Crippen MR) is 107 cm³/mol. The van der Waals surface area contributed by atoms with Gasteiger partial charge in [0.25, 0.3) is 5.91 Å². The summed E-state index contributed by atoms with van der Waals surface area (Å²) in [5.41, 5.74) is 1.56. The Hall–Kier alpha value is -3.42. The van der Waals surface area contributed by atoms with Gasteiger partial charge in [-0.2, -0.15) is 0 Å². The van der Waals surface area contributed by atoms with Gasteiger partial charge in [0, 0.05) is 30.0 Å². The van der Waals surface area contributed by atoms with Crippen molar-refractivity contribution in [1.82, 2.24) is 25.3 Å². The summed E-state index contributed by atoms with van der Waals surface area (Å²) in [5, 5.41) is 6.39. The molecular weight excluding hydrogens is 371 g/mol. The molecule has 0 aliphatic heterocycles. The first-order valence-electron chi connectivity index (χ1n) is 9.53. The molecule has 4 rings (SSSR count). The quantitative estimate of drug-likeness (QED) is 0.693. The third kappa shape index (κ3) is 4.37. The Morgan fingerprint density at radius 3 is 2.62 bits per heavy atom. The van der Waals surface area contributed by atoms with Crippen LogP contribution in [0.2, 0.25) is 0 Å². The number of nitrogens with one attached hydrogen (secondary N) is 2. The molecule has 1 aliphatic rings. The van der Waals surface area contributed by atoms with Gasteiger partial charge in [-0.1, -0.05) is 0 Å². The van der Waals surface area contributed by atoms with Crippen molar-refractivity contribution in [3.8, 4) is 11.4 Å². The zero-order valence-corrected chi connectivity index (χ0v) is 16.0. The van der Waals surface area contributed by atoms with Crippen LogP contribution in [0.25, 0.3) is 11.4 Å². The Bertz CT molecular complexity index is 996. The lowest BCUT2D eigenvalue weighted by atomic mass is 10.0. The first-order valence-corrected chi connectivity index (χ1v) is 9.53. The molecule has 2 heterocycles. The van der Waals surface area contributed by atoms with E-state index in [4.69, 9.17) is 0 Å². The SMILES string of the molecule is Cc1cnc(N[C@H]2CCC[C@@H]2NC(=O)c2cc(F)ccc2-c2ncccn2)cn1. The van der Waals surface area contributed by atoms with E-state index in [9.17, 15) is 9.18 Å². The molecule has 1 amide bonds. The van der Waals surface area contributed by atoms with Gasteiger partial charge in [-0.25, -0.2) is 19.3 Å². The highest BCUT2D eigenvalue weighted by atomic mass is 19.1. The van der Waals surface area contributed by atoms with Crippen LogP contribution in [0.5, 0.6) is 0 Å². The topological polar surface area (TPSA) is 92.7 Å². The third-order valence-corrected chi connectivity index (χ3v) is 4.98. The fourth-order valence-electron chi connectivity index (χ4n) is 3.55. The monoisotopic (exact) mass is 392 g/mol. The van der Waals surface area contributed by atoms with E-state index in [-0.39, 0.29) is 23.6 Å². The highest BCUT2D eigenvalue weighted by Crippen LogP contribution is 2.25. The molecule has 148 valence electrons. The minimum Gasteiger partial charge on any atom is -0.364 e. The van der Waals surface area contributed by atoms with Crippen LogP contribution in [0.15, 0.2) is 49.1 Å². The zero-order valence-electron chi connectivity index (χ0n) is 16.0. The van der Waals surface area contributed by atoms with Crippen molar-refractivity contribution in [1.29, 1.82) is 0 Å². The van der Waals surface area contributed by atoms with E-state index in [1.54, 1.807) is 30.9 Å². The van der Waals surface area contributed by atoms with Gasteiger partial charge in [-0.3, -0.25) is 9.78 Å². The summed E-state index contributed by atoms with van der Waals surface area (Å²) in [5.74, 6) is 0.228. The predicted octanol–water partition coefficient (Wildman–Crippen LogP) is 3.14. The number of carbonyl (C=O) groups excluding carboxylic acids is 1. The van der Waals surface area contributed by atoms with E-state index >= 15 is 0 Å². The summed E-state index contributed by atoms with van der Waals surface area (Å²) in [6, 6.07) is 5.68. The summed E-state index contributed by atoms with van der Waals surface area (Å²) in [6.45, 7) is 1.88. The normalized spacial score (nSPS) is 18.4. The van der Waals surface area contributed by atoms with Crippen molar-refractivity contribution >= 4 is 11.7 Å². The standard InChI is InChI=1S/C21H21FN6O/c1-13-11-26-19(12-25-13)27-17-4-2-5-18(17)28-21(29)16-10-14(22)6-7-15(16)20-23-8-3-9-24-20/h3,6-12,17-18H,2,4-5H2,1H3,(H,26,27)(H,28,29)/t17-,18-/m0/s1. The molecule has 0 saturated heterocycles. The number of aryl methyl sites for hydroxylation is 1. The molecule has 0 bridgehead atoms. The number of rotatable bonds is 5. The molecule has 8 heteroatoms. The van der Waals surface area contributed by atoms with Gasteiger partial charge < -0.3 is 10.6 Å². The molecule has 3 aromatic rings. The summed E-state index contributed by atoms with van der Waals surface area (Å²) >= 11 is 0. The van der Waals surface area contributed by atoms with Crippen molar-refractivity contribution in [2.24, 2.45) is 0 Å². The molecule has 1 aromatic carbocycles. The van der Waals surface area contributed by atoms with E-state index in [1.165, 1.54) is 18.2 Å². The first kappa shape index (κ1) is 18.9. The fourth-order valence-corrected chi connectivity index (χ4v) is 3.55. The number of halogens is 1. The van der Waals surface area contributed by atoms with Crippen LogP contribution < -0.4 is 10.6 Å². The number of carbonyl (C=O) groups is 1. The average Bonchev–Trinajstić information content (AvgIpc) is 3.16. The number of hydrogen-bond donors (Lipinski definition) is 2. The van der Waals surface area contributed by atoms with Gasteiger partial charge in [0.05, 0.1) is 23.7 Å². The lowest BCUT2D eigenvalue weighted by molar-refractivity contribution is 0.0936. The number of amides is 1. The molecule has 29 heavy (non-hydrogen) atoms. The van der Waals surface area contributed by atoms with E-state index in [1.807, 2.05) is 6.92 Å². The van der Waals surface area contributed by atoms with Crippen LogP contribution in [-0.4, -0.2) is 37.9 Å². The molecule has 7 nitrogen and oxygen atoms in total. The Morgan fingerprint density at radius 2 is 1.86 bits per heavy atom. The number of aromatic nitrogens is 4. The van der Waals surface area contributed by atoms with Gasteiger partial charge in [-0.15, -0.1) is 0 Å². The van der Waals surface area contributed by atoms with Crippen molar-refractivity contribution in [2.75, 3.05) is 5.32 Å². The maximum absolute atomic E-state index is 13.9. The molecule has 1 saturated carbocycles. The van der Waals surface area contributed by atoms with Crippen LogP contribution >= 0.6 is 0 Å². The van der Waals surface area contributed by atoms with Crippen LogP contribution in [-0.2, 0) is 0 Å². The van der Waals surface area contributed by atoms with E-state index in [2.05, 4.69) is 30.6 Å².